The van der Waals surface area contributed by atoms with Crippen LogP contribution in [0, 0.1) is 13.8 Å². The lowest BCUT2D eigenvalue weighted by molar-refractivity contribution is -0.113. The van der Waals surface area contributed by atoms with E-state index in [1.54, 1.807) is 4.68 Å². The highest BCUT2D eigenvalue weighted by Gasteiger charge is 2.12. The molecule has 0 bridgehead atoms. The molecule has 3 rings (SSSR count). The van der Waals surface area contributed by atoms with E-state index in [1.807, 2.05) is 56.3 Å². The second-order valence-corrected chi connectivity index (χ2v) is 7.33. The van der Waals surface area contributed by atoms with Crippen LogP contribution >= 0.6 is 27.7 Å². The summed E-state index contributed by atoms with van der Waals surface area (Å²) in [5, 5.41) is 15.2. The van der Waals surface area contributed by atoms with Crippen LogP contribution in [0.3, 0.4) is 0 Å². The van der Waals surface area contributed by atoms with Crippen LogP contribution in [0.15, 0.2) is 52.1 Å². The molecule has 0 aliphatic carbocycles. The Bertz CT molecular complexity index is 912. The Morgan fingerprint density at radius 3 is 2.76 bits per heavy atom. The first-order chi connectivity index (χ1) is 12.0. The molecule has 0 aliphatic heterocycles. The number of nitrogens with one attached hydrogen (secondary N) is 1. The number of anilines is 1. The highest BCUT2D eigenvalue weighted by atomic mass is 79.9. The SMILES string of the molecule is Cc1cccc(-n2nnnc2SCC(=O)Nc2ccc(C)cc2Br)c1. The van der Waals surface area contributed by atoms with Crippen molar-refractivity contribution in [3.05, 3.63) is 58.1 Å². The Labute approximate surface area is 158 Å². The van der Waals surface area contributed by atoms with Gasteiger partial charge in [-0.05, 0) is 75.6 Å². The van der Waals surface area contributed by atoms with Gasteiger partial charge in [0.15, 0.2) is 0 Å². The predicted molar refractivity (Wildman–Crippen MR) is 102 cm³/mol. The summed E-state index contributed by atoms with van der Waals surface area (Å²) < 4.78 is 2.49. The van der Waals surface area contributed by atoms with Gasteiger partial charge in [-0.1, -0.05) is 30.0 Å². The number of aryl methyl sites for hydroxylation is 2. The van der Waals surface area contributed by atoms with Gasteiger partial charge in [0.1, 0.15) is 0 Å². The Kier molecular flexibility index (Phi) is 5.50. The van der Waals surface area contributed by atoms with Crippen molar-refractivity contribution in [2.75, 3.05) is 11.1 Å². The fourth-order valence-corrected chi connectivity index (χ4v) is 3.51. The number of carbonyl (C=O) groups is 1. The molecule has 0 fully saturated rings. The first kappa shape index (κ1) is 17.6. The fourth-order valence-electron chi connectivity index (χ4n) is 2.23. The fraction of sp³-hybridized carbons (Fsp3) is 0.176. The van der Waals surface area contributed by atoms with Crippen molar-refractivity contribution in [2.45, 2.75) is 19.0 Å². The monoisotopic (exact) mass is 417 g/mol. The van der Waals surface area contributed by atoms with Gasteiger partial charge in [-0.3, -0.25) is 4.79 Å². The van der Waals surface area contributed by atoms with Crippen LogP contribution < -0.4 is 5.32 Å². The number of rotatable bonds is 5. The zero-order chi connectivity index (χ0) is 17.8. The summed E-state index contributed by atoms with van der Waals surface area (Å²) in [6.07, 6.45) is 0. The second-order valence-electron chi connectivity index (χ2n) is 5.53. The molecular formula is C17H16BrN5OS. The first-order valence-electron chi connectivity index (χ1n) is 7.57. The lowest BCUT2D eigenvalue weighted by Crippen LogP contribution is -2.15. The highest BCUT2D eigenvalue weighted by molar-refractivity contribution is 9.10. The molecule has 0 aliphatic rings. The number of halogens is 1. The molecule has 1 aromatic heterocycles. The van der Waals surface area contributed by atoms with E-state index in [0.29, 0.717) is 5.16 Å². The van der Waals surface area contributed by atoms with E-state index in [-0.39, 0.29) is 11.7 Å². The molecule has 3 aromatic rings. The van der Waals surface area contributed by atoms with E-state index in [4.69, 9.17) is 0 Å². The van der Waals surface area contributed by atoms with Gasteiger partial charge >= 0.3 is 0 Å². The standard InChI is InChI=1S/C17H16BrN5OS/c1-11-4-3-5-13(8-11)23-17(20-21-22-23)25-10-16(24)19-15-7-6-12(2)9-14(15)18/h3-9H,10H2,1-2H3,(H,19,24). The number of nitrogens with zero attached hydrogens (tertiary/aromatic N) is 4. The molecule has 0 unspecified atom stereocenters. The van der Waals surface area contributed by atoms with Crippen LogP contribution in [-0.4, -0.2) is 31.9 Å². The van der Waals surface area contributed by atoms with Gasteiger partial charge in [0.25, 0.3) is 0 Å². The largest absolute Gasteiger partial charge is 0.324 e. The predicted octanol–water partition coefficient (Wildman–Crippen LogP) is 3.77. The van der Waals surface area contributed by atoms with Gasteiger partial charge in [-0.25, -0.2) is 0 Å². The lowest BCUT2D eigenvalue weighted by Gasteiger charge is -2.08. The van der Waals surface area contributed by atoms with Crippen molar-refractivity contribution in [2.24, 2.45) is 0 Å². The molecule has 0 saturated heterocycles. The zero-order valence-electron chi connectivity index (χ0n) is 13.7. The van der Waals surface area contributed by atoms with Crippen LogP contribution in [0.5, 0.6) is 0 Å². The number of carbonyl (C=O) groups excluding carboxylic acids is 1. The normalized spacial score (nSPS) is 10.7. The third-order valence-corrected chi connectivity index (χ3v) is 4.99. The van der Waals surface area contributed by atoms with Crippen molar-refractivity contribution in [1.82, 2.24) is 20.2 Å². The Hall–Kier alpha value is -2.19. The second kappa shape index (κ2) is 7.79. The number of thioether (sulfide) groups is 1. The van der Waals surface area contributed by atoms with Gasteiger partial charge in [0.05, 0.1) is 17.1 Å². The molecule has 6 nitrogen and oxygen atoms in total. The molecule has 2 aromatic carbocycles. The van der Waals surface area contributed by atoms with E-state index in [0.717, 1.165) is 27.0 Å². The third kappa shape index (κ3) is 4.46. The minimum absolute atomic E-state index is 0.117. The van der Waals surface area contributed by atoms with Crippen LogP contribution in [0.25, 0.3) is 5.69 Å². The molecule has 0 spiro atoms. The van der Waals surface area contributed by atoms with Gasteiger partial charge in [0, 0.05) is 4.47 Å². The smallest absolute Gasteiger partial charge is 0.234 e. The number of tetrazole rings is 1. The molecular weight excluding hydrogens is 402 g/mol. The van der Waals surface area contributed by atoms with E-state index >= 15 is 0 Å². The Morgan fingerprint density at radius 2 is 2.00 bits per heavy atom. The minimum atomic E-state index is -0.117. The average molecular weight is 418 g/mol. The maximum absolute atomic E-state index is 12.2. The number of benzene rings is 2. The van der Waals surface area contributed by atoms with Crippen molar-refractivity contribution in [1.29, 1.82) is 0 Å². The van der Waals surface area contributed by atoms with Crippen molar-refractivity contribution in [3.8, 4) is 5.69 Å². The van der Waals surface area contributed by atoms with E-state index < -0.39 is 0 Å². The molecule has 0 atom stereocenters. The van der Waals surface area contributed by atoms with E-state index in [9.17, 15) is 4.79 Å². The van der Waals surface area contributed by atoms with Crippen LogP contribution in [-0.2, 0) is 4.79 Å². The maximum Gasteiger partial charge on any atom is 0.234 e. The summed E-state index contributed by atoms with van der Waals surface area (Å²) in [4.78, 5) is 12.2. The van der Waals surface area contributed by atoms with Crippen LogP contribution in [0.4, 0.5) is 5.69 Å². The van der Waals surface area contributed by atoms with Gasteiger partial charge in [-0.2, -0.15) is 4.68 Å². The molecule has 0 radical (unpaired) electrons. The van der Waals surface area contributed by atoms with Crippen molar-refractivity contribution >= 4 is 39.3 Å². The molecule has 1 amide bonds. The lowest BCUT2D eigenvalue weighted by atomic mass is 10.2. The summed E-state index contributed by atoms with van der Waals surface area (Å²) in [5.41, 5.74) is 3.85. The molecule has 1 N–H and O–H groups in total. The number of aromatic nitrogens is 4. The third-order valence-electron chi connectivity index (χ3n) is 3.42. The van der Waals surface area contributed by atoms with Crippen LogP contribution in [0.2, 0.25) is 0 Å². The van der Waals surface area contributed by atoms with Crippen LogP contribution in [0.1, 0.15) is 11.1 Å². The first-order valence-corrected chi connectivity index (χ1v) is 9.35. The summed E-state index contributed by atoms with van der Waals surface area (Å²) in [6, 6.07) is 13.7. The summed E-state index contributed by atoms with van der Waals surface area (Å²) in [5.74, 6) is 0.0975. The quantitative estimate of drug-likeness (QED) is 0.639. The number of hydrogen-bond acceptors (Lipinski definition) is 5. The molecule has 128 valence electrons. The summed E-state index contributed by atoms with van der Waals surface area (Å²) in [6.45, 7) is 4.00. The number of amides is 1. The average Bonchev–Trinajstić information content (AvgIpc) is 3.04. The van der Waals surface area contributed by atoms with E-state index in [1.165, 1.54) is 11.8 Å². The summed E-state index contributed by atoms with van der Waals surface area (Å²) in [7, 11) is 0. The number of hydrogen-bond donors (Lipinski definition) is 1. The van der Waals surface area contributed by atoms with Crippen molar-refractivity contribution < 1.29 is 4.79 Å². The maximum atomic E-state index is 12.2. The zero-order valence-corrected chi connectivity index (χ0v) is 16.1. The highest BCUT2D eigenvalue weighted by Crippen LogP contribution is 2.24. The Morgan fingerprint density at radius 1 is 1.20 bits per heavy atom. The topological polar surface area (TPSA) is 72.7 Å². The van der Waals surface area contributed by atoms with E-state index in [2.05, 4.69) is 36.8 Å². The Balaban J connectivity index is 1.66. The minimum Gasteiger partial charge on any atom is -0.324 e. The molecule has 8 heteroatoms. The van der Waals surface area contributed by atoms with Gasteiger partial charge in [0.2, 0.25) is 11.1 Å². The molecule has 0 saturated carbocycles. The summed E-state index contributed by atoms with van der Waals surface area (Å²) >= 11 is 4.75. The van der Waals surface area contributed by atoms with Gasteiger partial charge in [-0.15, -0.1) is 5.10 Å². The molecule has 25 heavy (non-hydrogen) atoms. The molecule has 1 heterocycles. The van der Waals surface area contributed by atoms with Crippen molar-refractivity contribution in [3.63, 3.8) is 0 Å². The van der Waals surface area contributed by atoms with Gasteiger partial charge < -0.3 is 5.32 Å².